The van der Waals surface area contributed by atoms with Crippen LogP contribution in [0.1, 0.15) is 15.9 Å². The molecule has 4 nitrogen and oxygen atoms in total. The van der Waals surface area contributed by atoms with Gasteiger partial charge in [-0.2, -0.15) is 0 Å². The van der Waals surface area contributed by atoms with E-state index in [1.807, 2.05) is 6.07 Å². The highest BCUT2D eigenvalue weighted by Gasteiger charge is 2.18. The van der Waals surface area contributed by atoms with Crippen molar-refractivity contribution in [1.29, 1.82) is 0 Å². The van der Waals surface area contributed by atoms with Gasteiger partial charge in [-0.3, -0.25) is 14.9 Å². The molecule has 102 valence electrons. The van der Waals surface area contributed by atoms with E-state index in [-0.39, 0.29) is 17.9 Å². The van der Waals surface area contributed by atoms with Crippen molar-refractivity contribution in [2.24, 2.45) is 0 Å². The van der Waals surface area contributed by atoms with E-state index in [4.69, 9.17) is 0 Å². The number of nitro benzene ring substituents is 1. The van der Waals surface area contributed by atoms with Gasteiger partial charge in [-0.25, -0.2) is 0 Å². The Morgan fingerprint density at radius 2 is 1.85 bits per heavy atom. The molecule has 0 saturated carbocycles. The number of benzene rings is 2. The predicted molar refractivity (Wildman–Crippen MR) is 83.0 cm³/mol. The van der Waals surface area contributed by atoms with Gasteiger partial charge in [0.25, 0.3) is 5.69 Å². The molecule has 0 aliphatic carbocycles. The van der Waals surface area contributed by atoms with E-state index in [1.165, 1.54) is 6.07 Å². The lowest BCUT2D eigenvalue weighted by Gasteiger charge is -2.05. The van der Waals surface area contributed by atoms with Crippen molar-refractivity contribution in [3.05, 3.63) is 72.7 Å². The SMILES string of the molecule is O=C(Cc1ccccc1[N+](=O)[O-])c1cc(Br)ccc1Br. The maximum absolute atomic E-state index is 12.3. The van der Waals surface area contributed by atoms with Crippen molar-refractivity contribution in [1.82, 2.24) is 0 Å². The summed E-state index contributed by atoms with van der Waals surface area (Å²) in [5, 5.41) is 10.9. The molecule has 2 rings (SSSR count). The molecule has 0 aromatic heterocycles. The van der Waals surface area contributed by atoms with E-state index in [0.717, 1.165) is 4.47 Å². The average Bonchev–Trinajstić information content (AvgIpc) is 2.41. The quantitative estimate of drug-likeness (QED) is 0.431. The Balaban J connectivity index is 2.33. The second-order valence-electron chi connectivity index (χ2n) is 4.11. The average molecular weight is 399 g/mol. The van der Waals surface area contributed by atoms with Gasteiger partial charge in [-0.1, -0.05) is 50.1 Å². The number of nitrogens with zero attached hydrogens (tertiary/aromatic N) is 1. The molecule has 0 fully saturated rings. The van der Waals surface area contributed by atoms with Crippen LogP contribution in [0.25, 0.3) is 0 Å². The minimum atomic E-state index is -0.474. The van der Waals surface area contributed by atoms with Crippen molar-refractivity contribution in [3.63, 3.8) is 0 Å². The summed E-state index contributed by atoms with van der Waals surface area (Å²) in [6.45, 7) is 0. The van der Waals surface area contributed by atoms with Crippen LogP contribution < -0.4 is 0 Å². The van der Waals surface area contributed by atoms with Gasteiger partial charge in [0.2, 0.25) is 0 Å². The molecule has 0 saturated heterocycles. The van der Waals surface area contributed by atoms with Gasteiger partial charge in [0, 0.05) is 32.6 Å². The summed E-state index contributed by atoms with van der Waals surface area (Å²) < 4.78 is 1.45. The van der Waals surface area contributed by atoms with Gasteiger partial charge >= 0.3 is 0 Å². The standard InChI is InChI=1S/C14H9Br2NO3/c15-10-5-6-12(16)11(8-10)14(18)7-9-3-1-2-4-13(9)17(19)20/h1-6,8H,7H2. The van der Waals surface area contributed by atoms with E-state index in [0.29, 0.717) is 15.6 Å². The van der Waals surface area contributed by atoms with Crippen LogP contribution in [0.2, 0.25) is 0 Å². The van der Waals surface area contributed by atoms with Gasteiger partial charge in [0.15, 0.2) is 5.78 Å². The van der Waals surface area contributed by atoms with E-state index in [1.54, 1.807) is 30.3 Å². The fraction of sp³-hybridized carbons (Fsp3) is 0.0714. The third kappa shape index (κ3) is 3.32. The number of para-hydroxylation sites is 1. The first-order valence-corrected chi connectivity index (χ1v) is 7.28. The van der Waals surface area contributed by atoms with E-state index >= 15 is 0 Å². The molecule has 0 radical (unpaired) electrons. The summed E-state index contributed by atoms with van der Waals surface area (Å²) in [6.07, 6.45) is -0.00773. The van der Waals surface area contributed by atoms with Crippen LogP contribution in [0.5, 0.6) is 0 Å². The molecule has 20 heavy (non-hydrogen) atoms. The molecule has 0 bridgehead atoms. The van der Waals surface area contributed by atoms with Crippen LogP contribution >= 0.6 is 31.9 Å². The molecule has 0 N–H and O–H groups in total. The largest absolute Gasteiger partial charge is 0.294 e. The molecular formula is C14H9Br2NO3. The van der Waals surface area contributed by atoms with E-state index < -0.39 is 4.92 Å². The highest BCUT2D eigenvalue weighted by molar-refractivity contribution is 9.11. The second-order valence-corrected chi connectivity index (χ2v) is 5.88. The maximum atomic E-state index is 12.3. The van der Waals surface area contributed by atoms with Gasteiger partial charge in [0.1, 0.15) is 0 Å². The summed E-state index contributed by atoms with van der Waals surface area (Å²) in [5.74, 6) is -0.174. The molecule has 0 aliphatic rings. The predicted octanol–water partition coefficient (Wildman–Crippen LogP) is 4.55. The zero-order valence-corrected chi connectivity index (χ0v) is 13.3. The van der Waals surface area contributed by atoms with Crippen molar-refractivity contribution in [2.45, 2.75) is 6.42 Å². The summed E-state index contributed by atoms with van der Waals surface area (Å²) in [4.78, 5) is 22.8. The minimum absolute atomic E-state index is 0.00773. The molecule has 0 atom stereocenters. The highest BCUT2D eigenvalue weighted by Crippen LogP contribution is 2.25. The molecule has 0 spiro atoms. The normalized spacial score (nSPS) is 10.3. The number of Topliss-reactive ketones (excluding diaryl/α,β-unsaturated/α-hetero) is 1. The Hall–Kier alpha value is -1.53. The highest BCUT2D eigenvalue weighted by atomic mass is 79.9. The summed E-state index contributed by atoms with van der Waals surface area (Å²) in [5.41, 5.74) is 0.874. The Morgan fingerprint density at radius 1 is 1.15 bits per heavy atom. The molecule has 0 amide bonds. The van der Waals surface area contributed by atoms with Crippen LogP contribution in [0.4, 0.5) is 5.69 Å². The van der Waals surface area contributed by atoms with Crippen LogP contribution in [-0.2, 0) is 6.42 Å². The lowest BCUT2D eigenvalue weighted by molar-refractivity contribution is -0.385. The zero-order chi connectivity index (χ0) is 14.7. The molecule has 2 aromatic carbocycles. The second kappa shape index (κ2) is 6.28. The molecule has 0 aliphatic heterocycles. The van der Waals surface area contributed by atoms with Gasteiger partial charge in [-0.05, 0) is 18.2 Å². The topological polar surface area (TPSA) is 60.2 Å². The first-order chi connectivity index (χ1) is 9.49. The Labute approximate surface area is 132 Å². The lowest BCUT2D eigenvalue weighted by Crippen LogP contribution is -2.06. The third-order valence-corrected chi connectivity index (χ3v) is 3.95. The molecule has 0 heterocycles. The fourth-order valence-electron chi connectivity index (χ4n) is 1.82. The number of carbonyl (C=O) groups excluding carboxylic acids is 1. The Kier molecular flexibility index (Phi) is 4.67. The number of carbonyl (C=O) groups is 1. The lowest BCUT2D eigenvalue weighted by atomic mass is 10.0. The fourth-order valence-corrected chi connectivity index (χ4v) is 2.65. The van der Waals surface area contributed by atoms with Crippen molar-refractivity contribution in [2.75, 3.05) is 0 Å². The summed E-state index contributed by atoms with van der Waals surface area (Å²) >= 11 is 6.62. The summed E-state index contributed by atoms with van der Waals surface area (Å²) in [6, 6.07) is 11.5. The molecule has 2 aromatic rings. The number of ketones is 1. The van der Waals surface area contributed by atoms with Crippen LogP contribution in [0, 0.1) is 10.1 Å². The number of nitro groups is 1. The van der Waals surface area contributed by atoms with Gasteiger partial charge in [-0.15, -0.1) is 0 Å². The van der Waals surface area contributed by atoms with Crippen molar-refractivity contribution < 1.29 is 9.72 Å². The van der Waals surface area contributed by atoms with Crippen LogP contribution in [0.3, 0.4) is 0 Å². The number of hydrogen-bond acceptors (Lipinski definition) is 3. The minimum Gasteiger partial charge on any atom is -0.294 e. The van der Waals surface area contributed by atoms with Crippen LogP contribution in [-0.4, -0.2) is 10.7 Å². The molecule has 6 heteroatoms. The first kappa shape index (κ1) is 14.9. The molecule has 0 unspecified atom stereocenters. The number of rotatable bonds is 4. The van der Waals surface area contributed by atoms with Crippen molar-refractivity contribution in [3.8, 4) is 0 Å². The Bertz CT molecular complexity index is 686. The number of halogens is 2. The zero-order valence-electron chi connectivity index (χ0n) is 10.2. The third-order valence-electron chi connectivity index (χ3n) is 2.77. The first-order valence-electron chi connectivity index (χ1n) is 5.69. The smallest absolute Gasteiger partial charge is 0.273 e. The van der Waals surface area contributed by atoms with Crippen LogP contribution in [0.15, 0.2) is 51.4 Å². The monoisotopic (exact) mass is 397 g/mol. The van der Waals surface area contributed by atoms with E-state index in [2.05, 4.69) is 31.9 Å². The molecular weight excluding hydrogens is 390 g/mol. The Morgan fingerprint density at radius 3 is 2.55 bits per heavy atom. The summed E-state index contributed by atoms with van der Waals surface area (Å²) in [7, 11) is 0. The van der Waals surface area contributed by atoms with E-state index in [9.17, 15) is 14.9 Å². The maximum Gasteiger partial charge on any atom is 0.273 e. The van der Waals surface area contributed by atoms with Crippen molar-refractivity contribution >= 4 is 43.3 Å². The van der Waals surface area contributed by atoms with Gasteiger partial charge in [0.05, 0.1) is 4.92 Å². The van der Waals surface area contributed by atoms with Gasteiger partial charge < -0.3 is 0 Å². The number of hydrogen-bond donors (Lipinski definition) is 0.